The lowest BCUT2D eigenvalue weighted by atomic mass is 9.99. The lowest BCUT2D eigenvalue weighted by molar-refractivity contribution is 0.102. The Morgan fingerprint density at radius 2 is 1.72 bits per heavy atom. The van der Waals surface area contributed by atoms with Gasteiger partial charge in [0.2, 0.25) is 9.84 Å². The molecule has 1 aliphatic rings. The van der Waals surface area contributed by atoms with E-state index in [2.05, 4.69) is 5.32 Å². The van der Waals surface area contributed by atoms with Crippen molar-refractivity contribution in [2.45, 2.75) is 42.4 Å². The number of aryl methyl sites for hydroxylation is 2. The summed E-state index contributed by atoms with van der Waals surface area (Å²) in [7, 11) is -3.82. The number of thiophene rings is 1. The molecule has 4 nitrogen and oxygen atoms in total. The predicted molar refractivity (Wildman–Crippen MR) is 112 cm³/mol. The summed E-state index contributed by atoms with van der Waals surface area (Å²) in [6.07, 6.45) is 3.33. The summed E-state index contributed by atoms with van der Waals surface area (Å²) in [5.41, 5.74) is 1.63. The quantitative estimate of drug-likeness (QED) is 0.623. The van der Waals surface area contributed by atoms with Gasteiger partial charge in [-0.15, -0.1) is 11.3 Å². The molecule has 4 rings (SSSR count). The number of fused-ring (bicyclic) bond motifs is 1. The van der Waals surface area contributed by atoms with Crippen molar-refractivity contribution in [2.24, 2.45) is 0 Å². The van der Waals surface area contributed by atoms with E-state index in [-0.39, 0.29) is 20.4 Å². The molecule has 29 heavy (non-hydrogen) atoms. The molecule has 2 aromatic carbocycles. The molecule has 0 fully saturated rings. The molecule has 7 heteroatoms. The Morgan fingerprint density at radius 3 is 2.45 bits per heavy atom. The minimum atomic E-state index is -3.82. The SMILES string of the molecule is Cc1ccc(S(=O)(=O)c2c(NC(=O)c3ccccc3F)sc3c2CCCC3)cc1. The van der Waals surface area contributed by atoms with Crippen LogP contribution in [0.2, 0.25) is 0 Å². The first-order valence-electron chi connectivity index (χ1n) is 9.40. The normalized spacial score (nSPS) is 13.7. The zero-order chi connectivity index (χ0) is 20.6. The Bertz CT molecular complexity index is 1180. The highest BCUT2D eigenvalue weighted by atomic mass is 32.2. The highest BCUT2D eigenvalue weighted by Crippen LogP contribution is 2.43. The number of hydrogen-bond donors (Lipinski definition) is 1. The van der Waals surface area contributed by atoms with Gasteiger partial charge in [0, 0.05) is 4.88 Å². The molecular formula is C22H20FNO3S2. The number of carbonyl (C=O) groups is 1. The fraction of sp³-hybridized carbons (Fsp3) is 0.227. The van der Waals surface area contributed by atoms with E-state index in [0.717, 1.165) is 35.3 Å². The molecule has 0 spiro atoms. The molecule has 1 N–H and O–H groups in total. The molecule has 150 valence electrons. The van der Waals surface area contributed by atoms with Crippen LogP contribution in [0, 0.1) is 12.7 Å². The van der Waals surface area contributed by atoms with E-state index in [4.69, 9.17) is 0 Å². The maximum atomic E-state index is 14.0. The number of carbonyl (C=O) groups excluding carboxylic acids is 1. The van der Waals surface area contributed by atoms with Crippen molar-refractivity contribution < 1.29 is 17.6 Å². The van der Waals surface area contributed by atoms with Gasteiger partial charge in [0.1, 0.15) is 15.7 Å². The Hall–Kier alpha value is -2.51. The van der Waals surface area contributed by atoms with Crippen molar-refractivity contribution in [3.05, 3.63) is 75.9 Å². The fourth-order valence-electron chi connectivity index (χ4n) is 3.55. The van der Waals surface area contributed by atoms with Gasteiger partial charge in [-0.05, 0) is 62.4 Å². The minimum absolute atomic E-state index is 0.113. The van der Waals surface area contributed by atoms with E-state index < -0.39 is 21.6 Å². The van der Waals surface area contributed by atoms with Crippen LogP contribution in [0.5, 0.6) is 0 Å². The van der Waals surface area contributed by atoms with E-state index in [1.165, 1.54) is 29.5 Å². The van der Waals surface area contributed by atoms with Gasteiger partial charge >= 0.3 is 0 Å². The van der Waals surface area contributed by atoms with Crippen LogP contribution in [-0.2, 0) is 22.7 Å². The largest absolute Gasteiger partial charge is 0.312 e. The Balaban J connectivity index is 1.81. The maximum Gasteiger partial charge on any atom is 0.259 e. The van der Waals surface area contributed by atoms with Gasteiger partial charge in [-0.1, -0.05) is 29.8 Å². The highest BCUT2D eigenvalue weighted by Gasteiger charge is 2.32. The topological polar surface area (TPSA) is 63.2 Å². The third-order valence-corrected chi connectivity index (χ3v) is 8.29. The van der Waals surface area contributed by atoms with Gasteiger partial charge in [0.25, 0.3) is 5.91 Å². The molecule has 1 aromatic heterocycles. The highest BCUT2D eigenvalue weighted by molar-refractivity contribution is 7.92. The number of hydrogen-bond acceptors (Lipinski definition) is 4. The van der Waals surface area contributed by atoms with Crippen LogP contribution in [0.3, 0.4) is 0 Å². The van der Waals surface area contributed by atoms with E-state index in [1.54, 1.807) is 30.3 Å². The van der Waals surface area contributed by atoms with E-state index in [9.17, 15) is 17.6 Å². The summed E-state index contributed by atoms with van der Waals surface area (Å²) in [5, 5.41) is 2.94. The van der Waals surface area contributed by atoms with Gasteiger partial charge in [0.05, 0.1) is 10.5 Å². The maximum absolute atomic E-state index is 14.0. The van der Waals surface area contributed by atoms with Crippen molar-refractivity contribution in [3.63, 3.8) is 0 Å². The van der Waals surface area contributed by atoms with E-state index >= 15 is 0 Å². The van der Waals surface area contributed by atoms with Gasteiger partial charge in [0.15, 0.2) is 0 Å². The monoisotopic (exact) mass is 429 g/mol. The van der Waals surface area contributed by atoms with Crippen molar-refractivity contribution in [1.29, 1.82) is 0 Å². The molecule has 0 saturated heterocycles. The minimum Gasteiger partial charge on any atom is -0.312 e. The van der Waals surface area contributed by atoms with E-state index in [0.29, 0.717) is 6.42 Å². The van der Waals surface area contributed by atoms with Gasteiger partial charge in [-0.3, -0.25) is 4.79 Å². The first-order chi connectivity index (χ1) is 13.9. The lowest BCUT2D eigenvalue weighted by Gasteiger charge is -2.14. The molecule has 1 heterocycles. The van der Waals surface area contributed by atoms with Gasteiger partial charge < -0.3 is 5.32 Å². The second kappa shape index (κ2) is 7.72. The number of anilines is 1. The zero-order valence-electron chi connectivity index (χ0n) is 15.9. The third kappa shape index (κ3) is 3.72. The second-order valence-electron chi connectivity index (χ2n) is 7.12. The smallest absolute Gasteiger partial charge is 0.259 e. The summed E-state index contributed by atoms with van der Waals surface area (Å²) in [6.45, 7) is 1.89. The van der Waals surface area contributed by atoms with E-state index in [1.807, 2.05) is 6.92 Å². The average molecular weight is 430 g/mol. The Morgan fingerprint density at radius 1 is 1.03 bits per heavy atom. The summed E-state index contributed by atoms with van der Waals surface area (Å²) in [4.78, 5) is 14.0. The number of amides is 1. The Labute approximate surface area is 173 Å². The molecule has 0 atom stereocenters. The van der Waals surface area contributed by atoms with Crippen molar-refractivity contribution in [1.82, 2.24) is 0 Å². The van der Waals surface area contributed by atoms with Crippen molar-refractivity contribution in [3.8, 4) is 0 Å². The second-order valence-corrected chi connectivity index (χ2v) is 10.1. The van der Waals surface area contributed by atoms with Crippen molar-refractivity contribution >= 4 is 32.1 Å². The third-order valence-electron chi connectivity index (χ3n) is 5.07. The van der Waals surface area contributed by atoms with Gasteiger partial charge in [-0.2, -0.15) is 0 Å². The first-order valence-corrected chi connectivity index (χ1v) is 11.7. The molecule has 0 aliphatic heterocycles. The van der Waals surface area contributed by atoms with Crippen LogP contribution in [-0.4, -0.2) is 14.3 Å². The Kier molecular flexibility index (Phi) is 5.27. The molecule has 0 bridgehead atoms. The molecule has 3 aromatic rings. The van der Waals surface area contributed by atoms with Crippen LogP contribution in [0.25, 0.3) is 0 Å². The summed E-state index contributed by atoms with van der Waals surface area (Å²) in [5.74, 6) is -1.30. The number of benzene rings is 2. The number of sulfone groups is 1. The first kappa shape index (κ1) is 19.8. The average Bonchev–Trinajstić information content (AvgIpc) is 3.07. The summed E-state index contributed by atoms with van der Waals surface area (Å²) < 4.78 is 41.0. The van der Waals surface area contributed by atoms with Crippen molar-refractivity contribution in [2.75, 3.05) is 5.32 Å². The van der Waals surface area contributed by atoms with Crippen LogP contribution >= 0.6 is 11.3 Å². The molecule has 0 saturated carbocycles. The molecule has 0 radical (unpaired) electrons. The fourth-order valence-corrected chi connectivity index (χ4v) is 6.83. The predicted octanol–water partition coefficient (Wildman–Crippen LogP) is 5.16. The standard InChI is InChI=1S/C22H20FNO3S2/c1-14-10-12-15(13-11-14)29(26,27)20-17-7-3-5-9-19(17)28-22(20)24-21(25)16-6-2-4-8-18(16)23/h2,4,6,8,10-13H,3,5,7,9H2,1H3,(H,24,25). The number of halogens is 1. The molecule has 1 amide bonds. The molecule has 1 aliphatic carbocycles. The van der Waals surface area contributed by atoms with Crippen LogP contribution in [0.1, 0.15) is 39.2 Å². The van der Waals surface area contributed by atoms with Crippen LogP contribution in [0.15, 0.2) is 58.3 Å². The van der Waals surface area contributed by atoms with Crippen LogP contribution < -0.4 is 5.32 Å². The molecule has 0 unspecified atom stereocenters. The van der Waals surface area contributed by atoms with Crippen LogP contribution in [0.4, 0.5) is 9.39 Å². The number of nitrogens with one attached hydrogen (secondary N) is 1. The summed E-state index contributed by atoms with van der Waals surface area (Å²) >= 11 is 1.28. The zero-order valence-corrected chi connectivity index (χ0v) is 17.5. The molecular weight excluding hydrogens is 409 g/mol. The number of rotatable bonds is 4. The van der Waals surface area contributed by atoms with Gasteiger partial charge in [-0.25, -0.2) is 12.8 Å². The lowest BCUT2D eigenvalue weighted by Crippen LogP contribution is -2.16. The summed E-state index contributed by atoms with van der Waals surface area (Å²) in [6, 6.07) is 12.3.